The highest BCUT2D eigenvalue weighted by Crippen LogP contribution is 2.46. The second-order valence-corrected chi connectivity index (χ2v) is 8.89. The van der Waals surface area contributed by atoms with Crippen molar-refractivity contribution in [2.45, 2.75) is 48.8 Å². The van der Waals surface area contributed by atoms with E-state index in [9.17, 15) is 8.42 Å². The van der Waals surface area contributed by atoms with E-state index in [-0.39, 0.29) is 0 Å². The number of rotatable bonds is 3. The summed E-state index contributed by atoms with van der Waals surface area (Å²) in [5, 5.41) is 0.750. The highest BCUT2D eigenvalue weighted by atomic mass is 79.9. The van der Waals surface area contributed by atoms with Crippen LogP contribution in [0.5, 0.6) is 0 Å². The number of benzene rings is 1. The van der Waals surface area contributed by atoms with Gasteiger partial charge in [-0.2, -0.15) is 4.31 Å². The maximum absolute atomic E-state index is 12.7. The van der Waals surface area contributed by atoms with Gasteiger partial charge >= 0.3 is 0 Å². The Morgan fingerprint density at radius 3 is 2.10 bits per heavy atom. The van der Waals surface area contributed by atoms with E-state index < -0.39 is 10.0 Å². The molecule has 0 amide bonds. The van der Waals surface area contributed by atoms with Crippen molar-refractivity contribution < 1.29 is 8.42 Å². The maximum Gasteiger partial charge on any atom is 0.243 e. The lowest BCUT2D eigenvalue weighted by molar-refractivity contribution is 0.160. The van der Waals surface area contributed by atoms with Gasteiger partial charge in [0.15, 0.2) is 0 Å². The fourth-order valence-electron chi connectivity index (χ4n) is 3.73. The van der Waals surface area contributed by atoms with Crippen molar-refractivity contribution in [3.05, 3.63) is 29.8 Å². The fraction of sp³-hybridized carbons (Fsp3) is 0.625. The normalized spacial score (nSPS) is 22.7. The summed E-state index contributed by atoms with van der Waals surface area (Å²) in [5.74, 6) is 0. The van der Waals surface area contributed by atoms with Gasteiger partial charge in [0.05, 0.1) is 4.90 Å². The van der Waals surface area contributed by atoms with Crippen LogP contribution in [0.3, 0.4) is 0 Å². The maximum atomic E-state index is 12.7. The van der Waals surface area contributed by atoms with Crippen LogP contribution >= 0.6 is 15.9 Å². The van der Waals surface area contributed by atoms with E-state index in [0.717, 1.165) is 23.7 Å². The Morgan fingerprint density at radius 1 is 1.00 bits per heavy atom. The van der Waals surface area contributed by atoms with Gasteiger partial charge in [-0.05, 0) is 48.8 Å². The van der Waals surface area contributed by atoms with Crippen LogP contribution in [0.25, 0.3) is 0 Å². The summed E-state index contributed by atoms with van der Waals surface area (Å²) in [6.45, 7) is 1.37. The molecule has 1 saturated heterocycles. The average Bonchev–Trinajstić information content (AvgIpc) is 2.96. The third-order valence-electron chi connectivity index (χ3n) is 5.16. The molecule has 0 unspecified atom stereocenters. The molecule has 1 heterocycles. The second-order valence-electron chi connectivity index (χ2n) is 6.39. The molecule has 1 aliphatic carbocycles. The van der Waals surface area contributed by atoms with Crippen LogP contribution in [0.15, 0.2) is 29.2 Å². The predicted octanol–water partition coefficient (Wildman–Crippen LogP) is 3.93. The SMILES string of the molecule is O=S(=O)(c1ccc(CBr)cc1)N1CCC2(CCCC2)CC1. The molecule has 0 aromatic heterocycles. The second kappa shape index (κ2) is 6.01. The Hall–Kier alpha value is -0.390. The summed E-state index contributed by atoms with van der Waals surface area (Å²) in [6, 6.07) is 7.21. The molecule has 2 fully saturated rings. The van der Waals surface area contributed by atoms with Gasteiger partial charge in [-0.15, -0.1) is 0 Å². The van der Waals surface area contributed by atoms with Crippen molar-refractivity contribution in [3.63, 3.8) is 0 Å². The highest BCUT2D eigenvalue weighted by molar-refractivity contribution is 9.08. The fourth-order valence-corrected chi connectivity index (χ4v) is 5.54. The van der Waals surface area contributed by atoms with Crippen LogP contribution in [0.4, 0.5) is 0 Å². The molecule has 1 aliphatic heterocycles. The van der Waals surface area contributed by atoms with Crippen molar-refractivity contribution in [1.82, 2.24) is 4.31 Å². The number of nitrogens with zero attached hydrogens (tertiary/aromatic N) is 1. The first-order valence-electron chi connectivity index (χ1n) is 7.71. The van der Waals surface area contributed by atoms with Crippen molar-refractivity contribution in [1.29, 1.82) is 0 Å². The van der Waals surface area contributed by atoms with Crippen LogP contribution in [0.1, 0.15) is 44.1 Å². The standard InChI is InChI=1S/C16H22BrNO2S/c17-13-14-3-5-15(6-4-14)21(19,20)18-11-9-16(10-12-18)7-1-2-8-16/h3-6H,1-2,7-13H2. The van der Waals surface area contributed by atoms with Crippen molar-refractivity contribution in [2.75, 3.05) is 13.1 Å². The zero-order valence-corrected chi connectivity index (χ0v) is 14.6. The number of hydrogen-bond donors (Lipinski definition) is 0. The van der Waals surface area contributed by atoms with Gasteiger partial charge in [0.2, 0.25) is 10.0 Å². The predicted molar refractivity (Wildman–Crippen MR) is 88.0 cm³/mol. The van der Waals surface area contributed by atoms with Crippen LogP contribution in [0.2, 0.25) is 0 Å². The third-order valence-corrected chi connectivity index (χ3v) is 7.72. The molecule has 1 aromatic rings. The van der Waals surface area contributed by atoms with E-state index >= 15 is 0 Å². The van der Waals surface area contributed by atoms with Gasteiger partial charge in [-0.3, -0.25) is 0 Å². The Labute approximate surface area is 135 Å². The lowest BCUT2D eigenvalue weighted by Crippen LogP contribution is -2.42. The van der Waals surface area contributed by atoms with Gasteiger partial charge in [0.25, 0.3) is 0 Å². The first-order valence-corrected chi connectivity index (χ1v) is 10.3. The zero-order valence-electron chi connectivity index (χ0n) is 12.2. The first-order chi connectivity index (χ1) is 10.1. The van der Waals surface area contributed by atoms with Crippen LogP contribution < -0.4 is 0 Å². The molecule has 5 heteroatoms. The molecule has 0 bridgehead atoms. The monoisotopic (exact) mass is 371 g/mol. The Bertz CT molecular complexity index is 581. The van der Waals surface area contributed by atoms with Gasteiger partial charge < -0.3 is 0 Å². The topological polar surface area (TPSA) is 37.4 Å². The van der Waals surface area contributed by atoms with E-state index in [4.69, 9.17) is 0 Å². The van der Waals surface area contributed by atoms with Gasteiger partial charge in [0, 0.05) is 18.4 Å². The molecule has 1 aromatic carbocycles. The van der Waals surface area contributed by atoms with Crippen molar-refractivity contribution >= 4 is 26.0 Å². The van der Waals surface area contributed by atoms with Gasteiger partial charge in [-0.25, -0.2) is 8.42 Å². The van der Waals surface area contributed by atoms with E-state index in [1.54, 1.807) is 16.4 Å². The summed E-state index contributed by atoms with van der Waals surface area (Å²) in [4.78, 5) is 0.426. The minimum atomic E-state index is -3.32. The molecule has 3 rings (SSSR count). The van der Waals surface area contributed by atoms with Crippen LogP contribution in [-0.2, 0) is 15.4 Å². The minimum Gasteiger partial charge on any atom is -0.207 e. The van der Waals surface area contributed by atoms with E-state index in [1.165, 1.54) is 25.7 Å². The smallest absolute Gasteiger partial charge is 0.207 e. The molecule has 0 atom stereocenters. The van der Waals surface area contributed by atoms with E-state index in [1.807, 2.05) is 12.1 Å². The summed E-state index contributed by atoms with van der Waals surface area (Å²) in [6.07, 6.45) is 7.29. The minimum absolute atomic E-state index is 0.426. The van der Waals surface area contributed by atoms with Crippen LogP contribution in [-0.4, -0.2) is 25.8 Å². The Kier molecular flexibility index (Phi) is 4.44. The van der Waals surface area contributed by atoms with E-state index in [2.05, 4.69) is 15.9 Å². The summed E-state index contributed by atoms with van der Waals surface area (Å²) in [7, 11) is -3.32. The number of hydrogen-bond acceptors (Lipinski definition) is 2. The molecule has 1 saturated carbocycles. The number of piperidine rings is 1. The molecule has 0 radical (unpaired) electrons. The lowest BCUT2D eigenvalue weighted by Gasteiger charge is -2.38. The molecular weight excluding hydrogens is 350 g/mol. The first kappa shape index (κ1) is 15.5. The van der Waals surface area contributed by atoms with Crippen LogP contribution in [0, 0.1) is 5.41 Å². The molecule has 0 N–H and O–H groups in total. The third kappa shape index (κ3) is 3.06. The summed E-state index contributed by atoms with van der Waals surface area (Å²) in [5.41, 5.74) is 1.55. The Morgan fingerprint density at radius 2 is 1.57 bits per heavy atom. The molecule has 21 heavy (non-hydrogen) atoms. The highest BCUT2D eigenvalue weighted by Gasteiger charge is 2.39. The summed E-state index contributed by atoms with van der Waals surface area (Å²) < 4.78 is 27.1. The molecule has 116 valence electrons. The average molecular weight is 372 g/mol. The molecule has 3 nitrogen and oxygen atoms in total. The molecular formula is C16H22BrNO2S. The van der Waals surface area contributed by atoms with Gasteiger partial charge in [-0.1, -0.05) is 40.9 Å². The number of halogens is 1. The lowest BCUT2D eigenvalue weighted by atomic mass is 9.78. The molecule has 1 spiro atoms. The largest absolute Gasteiger partial charge is 0.243 e. The van der Waals surface area contributed by atoms with E-state index in [0.29, 0.717) is 23.4 Å². The quantitative estimate of drug-likeness (QED) is 0.754. The Balaban J connectivity index is 1.73. The van der Waals surface area contributed by atoms with Crippen molar-refractivity contribution in [3.8, 4) is 0 Å². The molecule has 2 aliphatic rings. The number of alkyl halides is 1. The number of sulfonamides is 1. The van der Waals surface area contributed by atoms with Gasteiger partial charge in [0.1, 0.15) is 0 Å². The zero-order chi connectivity index (χ0) is 14.9. The van der Waals surface area contributed by atoms with Crippen molar-refractivity contribution in [2.24, 2.45) is 5.41 Å². The summed E-state index contributed by atoms with van der Waals surface area (Å²) >= 11 is 3.38.